The van der Waals surface area contributed by atoms with E-state index in [0.29, 0.717) is 0 Å². The number of furan rings is 1. The minimum Gasteiger partial charge on any atom is -0.457 e. The van der Waals surface area contributed by atoms with Crippen LogP contribution in [0.1, 0.15) is 15.3 Å². The van der Waals surface area contributed by atoms with Gasteiger partial charge in [0.05, 0.1) is 15.4 Å². The molecule has 1 nitrogen and oxygen atoms in total. The lowest BCUT2D eigenvalue weighted by Crippen LogP contribution is -1.84. The van der Waals surface area contributed by atoms with Crippen LogP contribution in [0.4, 0.5) is 0 Å². The van der Waals surface area contributed by atoms with Gasteiger partial charge in [0.25, 0.3) is 0 Å². The highest BCUT2D eigenvalue weighted by Gasteiger charge is 2.14. The zero-order valence-corrected chi connectivity index (χ0v) is 11.6. The van der Waals surface area contributed by atoms with Crippen molar-refractivity contribution in [1.82, 2.24) is 0 Å². The molecule has 1 unspecified atom stereocenters. The molecule has 2 aromatic heterocycles. The molecule has 0 aliphatic carbocycles. The van der Waals surface area contributed by atoms with Gasteiger partial charge in [-0.05, 0) is 34.1 Å². The maximum atomic E-state index is 5.86. The lowest BCUT2D eigenvalue weighted by Gasteiger charge is -2.02. The fourth-order valence-electron chi connectivity index (χ4n) is 1.09. The van der Waals surface area contributed by atoms with Crippen molar-refractivity contribution in [3.8, 4) is 0 Å². The Morgan fingerprint density at radius 1 is 1.43 bits per heavy atom. The quantitative estimate of drug-likeness (QED) is 0.671. The van der Waals surface area contributed by atoms with Crippen LogP contribution in [0, 0.1) is 0 Å². The lowest BCUT2D eigenvalue weighted by molar-refractivity contribution is 0.539. The predicted molar refractivity (Wildman–Crippen MR) is 66.5 cm³/mol. The number of thiophene rings is 1. The summed E-state index contributed by atoms with van der Waals surface area (Å²) in [6, 6.07) is 5.84. The molecule has 0 bridgehead atoms. The highest BCUT2D eigenvalue weighted by atomic mass is 79.9. The first kappa shape index (κ1) is 10.7. The summed E-state index contributed by atoms with van der Waals surface area (Å²) >= 11 is 14.3. The SMILES string of the molecule is Clc1ccc(C(Br)c2coc(Br)c2)s1. The first-order chi connectivity index (χ1) is 6.66. The van der Waals surface area contributed by atoms with E-state index in [1.54, 1.807) is 17.6 Å². The van der Waals surface area contributed by atoms with Crippen LogP contribution >= 0.6 is 54.8 Å². The highest BCUT2D eigenvalue weighted by Crippen LogP contribution is 2.38. The Balaban J connectivity index is 2.28. The van der Waals surface area contributed by atoms with Crippen LogP contribution in [0.25, 0.3) is 0 Å². The van der Waals surface area contributed by atoms with Gasteiger partial charge < -0.3 is 4.42 Å². The van der Waals surface area contributed by atoms with Crippen LogP contribution in [0.2, 0.25) is 4.34 Å². The van der Waals surface area contributed by atoms with Crippen molar-refractivity contribution in [3.63, 3.8) is 0 Å². The molecule has 2 rings (SSSR count). The Labute approximate surface area is 107 Å². The molecule has 0 saturated carbocycles. The van der Waals surface area contributed by atoms with Gasteiger partial charge in [0, 0.05) is 10.4 Å². The molecule has 5 heteroatoms. The fraction of sp³-hybridized carbons (Fsp3) is 0.111. The summed E-state index contributed by atoms with van der Waals surface area (Å²) in [6.45, 7) is 0. The molecule has 0 N–H and O–H groups in total. The molecule has 0 radical (unpaired) electrons. The summed E-state index contributed by atoms with van der Waals surface area (Å²) in [4.78, 5) is 1.32. The lowest BCUT2D eigenvalue weighted by atomic mass is 10.2. The molecule has 0 spiro atoms. The molecule has 1 atom stereocenters. The van der Waals surface area contributed by atoms with Crippen LogP contribution in [0.15, 0.2) is 33.5 Å². The zero-order chi connectivity index (χ0) is 10.1. The Kier molecular flexibility index (Phi) is 3.37. The molecule has 74 valence electrons. The first-order valence-corrected chi connectivity index (χ1v) is 6.70. The number of alkyl halides is 1. The van der Waals surface area contributed by atoms with Gasteiger partial charge in [-0.25, -0.2) is 0 Å². The predicted octanol–water partition coefficient (Wildman–Crippen LogP) is 5.24. The molecule has 2 heterocycles. The van der Waals surface area contributed by atoms with Gasteiger partial charge in [-0.3, -0.25) is 0 Å². The van der Waals surface area contributed by atoms with Crippen molar-refractivity contribution < 1.29 is 4.42 Å². The molecule has 14 heavy (non-hydrogen) atoms. The van der Waals surface area contributed by atoms with E-state index in [-0.39, 0.29) is 4.83 Å². The molecule has 0 amide bonds. The Hall–Kier alpha value is 0.230. The Morgan fingerprint density at radius 2 is 2.21 bits per heavy atom. The van der Waals surface area contributed by atoms with Crippen molar-refractivity contribution in [2.45, 2.75) is 4.83 Å². The molecule has 0 aromatic carbocycles. The van der Waals surface area contributed by atoms with E-state index in [1.165, 1.54) is 4.88 Å². The van der Waals surface area contributed by atoms with E-state index in [4.69, 9.17) is 16.0 Å². The van der Waals surface area contributed by atoms with E-state index >= 15 is 0 Å². The second-order valence-corrected chi connectivity index (χ2v) is 6.13. The molecule has 0 aliphatic heterocycles. The molecular formula is C9H5Br2ClOS. The molecular weight excluding hydrogens is 351 g/mol. The maximum absolute atomic E-state index is 5.86. The summed E-state index contributed by atoms with van der Waals surface area (Å²) in [5.41, 5.74) is 1.08. The van der Waals surface area contributed by atoms with E-state index in [2.05, 4.69) is 31.9 Å². The van der Waals surface area contributed by atoms with Crippen LogP contribution < -0.4 is 0 Å². The maximum Gasteiger partial charge on any atom is 0.169 e. The topological polar surface area (TPSA) is 13.1 Å². The van der Waals surface area contributed by atoms with Crippen LogP contribution in [-0.4, -0.2) is 0 Å². The van der Waals surface area contributed by atoms with Crippen molar-refractivity contribution in [3.05, 3.63) is 43.9 Å². The normalized spacial score (nSPS) is 13.1. The number of rotatable bonds is 2. The minimum atomic E-state index is 0.148. The summed E-state index contributed by atoms with van der Waals surface area (Å²) in [6.07, 6.45) is 1.72. The standard InChI is InChI=1S/C9H5Br2ClOS/c10-7-3-5(4-13-7)9(11)6-1-2-8(12)14-6/h1-4,9H. The second kappa shape index (κ2) is 4.39. The van der Waals surface area contributed by atoms with Crippen molar-refractivity contribution >= 4 is 54.8 Å². The number of hydrogen-bond donors (Lipinski definition) is 0. The fourth-order valence-corrected chi connectivity index (χ4v) is 3.18. The molecule has 2 aromatic rings. The summed E-state index contributed by atoms with van der Waals surface area (Å²) < 4.78 is 6.71. The second-order valence-electron chi connectivity index (χ2n) is 2.69. The van der Waals surface area contributed by atoms with E-state index < -0.39 is 0 Å². The number of halogens is 3. The largest absolute Gasteiger partial charge is 0.457 e. The molecule has 0 fully saturated rings. The van der Waals surface area contributed by atoms with Crippen molar-refractivity contribution in [2.75, 3.05) is 0 Å². The highest BCUT2D eigenvalue weighted by molar-refractivity contribution is 9.10. The average molecular weight is 356 g/mol. The summed E-state index contributed by atoms with van der Waals surface area (Å²) in [5.74, 6) is 0. The van der Waals surface area contributed by atoms with Crippen molar-refractivity contribution in [1.29, 1.82) is 0 Å². The van der Waals surface area contributed by atoms with Crippen LogP contribution in [0.3, 0.4) is 0 Å². The van der Waals surface area contributed by atoms with Gasteiger partial charge in [-0.1, -0.05) is 27.5 Å². The third kappa shape index (κ3) is 2.24. The number of hydrogen-bond acceptors (Lipinski definition) is 2. The summed E-state index contributed by atoms with van der Waals surface area (Å²) in [7, 11) is 0. The van der Waals surface area contributed by atoms with Gasteiger partial charge in [-0.15, -0.1) is 11.3 Å². The average Bonchev–Trinajstić information content (AvgIpc) is 2.73. The van der Waals surface area contributed by atoms with Gasteiger partial charge >= 0.3 is 0 Å². The van der Waals surface area contributed by atoms with Crippen LogP contribution in [0.5, 0.6) is 0 Å². The van der Waals surface area contributed by atoms with E-state index in [1.807, 2.05) is 18.2 Å². The van der Waals surface area contributed by atoms with Gasteiger partial charge in [0.15, 0.2) is 4.67 Å². The van der Waals surface area contributed by atoms with Crippen molar-refractivity contribution in [2.24, 2.45) is 0 Å². The smallest absolute Gasteiger partial charge is 0.169 e. The van der Waals surface area contributed by atoms with E-state index in [0.717, 1.165) is 14.6 Å². The Bertz CT molecular complexity index is 397. The van der Waals surface area contributed by atoms with Gasteiger partial charge in [0.2, 0.25) is 0 Å². The monoisotopic (exact) mass is 354 g/mol. The summed E-state index contributed by atoms with van der Waals surface area (Å²) in [5, 5.41) is 0. The zero-order valence-electron chi connectivity index (χ0n) is 6.84. The minimum absolute atomic E-state index is 0.148. The van der Waals surface area contributed by atoms with E-state index in [9.17, 15) is 0 Å². The van der Waals surface area contributed by atoms with Crippen LogP contribution in [-0.2, 0) is 0 Å². The third-order valence-electron chi connectivity index (χ3n) is 1.72. The molecule has 0 saturated heterocycles. The first-order valence-electron chi connectivity index (χ1n) is 3.80. The van der Waals surface area contributed by atoms with Gasteiger partial charge in [-0.2, -0.15) is 0 Å². The molecule has 0 aliphatic rings. The third-order valence-corrected chi connectivity index (χ3v) is 4.76. The Morgan fingerprint density at radius 3 is 2.71 bits per heavy atom. The van der Waals surface area contributed by atoms with Gasteiger partial charge in [0.1, 0.15) is 0 Å².